The molecule has 55 heavy (non-hydrogen) atoms. The number of oxazole rings is 1. The largest absolute Gasteiger partial charge is 0.435 e. The van der Waals surface area contributed by atoms with Crippen molar-refractivity contribution in [2.75, 3.05) is 9.80 Å². The molecule has 0 aliphatic heterocycles. The van der Waals surface area contributed by atoms with Gasteiger partial charge in [-0.3, -0.25) is 0 Å². The zero-order valence-corrected chi connectivity index (χ0v) is 30.0. The molecular weight excluding hydrogens is 671 g/mol. The minimum atomic E-state index is 0.624. The Labute approximate surface area is 319 Å². The third-order valence-corrected chi connectivity index (χ3v) is 10.2. The molecule has 4 nitrogen and oxygen atoms in total. The van der Waals surface area contributed by atoms with E-state index in [9.17, 15) is 0 Å². The van der Waals surface area contributed by atoms with Crippen LogP contribution in [-0.4, -0.2) is 4.98 Å². The van der Waals surface area contributed by atoms with E-state index >= 15 is 0 Å². The van der Waals surface area contributed by atoms with Gasteiger partial charge in [-0.15, -0.1) is 0 Å². The molecule has 0 amide bonds. The molecular formula is C51H35N3O. The molecule has 0 bridgehead atoms. The summed E-state index contributed by atoms with van der Waals surface area (Å²) in [6.45, 7) is 0. The van der Waals surface area contributed by atoms with E-state index in [-0.39, 0.29) is 0 Å². The van der Waals surface area contributed by atoms with Gasteiger partial charge in [-0.25, -0.2) is 4.98 Å². The zero-order chi connectivity index (χ0) is 36.6. The molecule has 10 aromatic rings. The number of nitrogens with zero attached hydrogens (tertiary/aromatic N) is 3. The maximum atomic E-state index is 6.56. The summed E-state index contributed by atoms with van der Waals surface area (Å²) >= 11 is 0. The van der Waals surface area contributed by atoms with E-state index in [1.165, 1.54) is 0 Å². The third-order valence-electron chi connectivity index (χ3n) is 10.2. The fraction of sp³-hybridized carbons (Fsp3) is 0. The molecule has 0 spiro atoms. The van der Waals surface area contributed by atoms with E-state index < -0.39 is 0 Å². The summed E-state index contributed by atoms with van der Waals surface area (Å²) < 4.78 is 6.56. The summed E-state index contributed by atoms with van der Waals surface area (Å²) in [5.41, 5.74) is 11.4. The van der Waals surface area contributed by atoms with Gasteiger partial charge in [0.25, 0.3) is 0 Å². The van der Waals surface area contributed by atoms with Crippen molar-refractivity contribution >= 4 is 66.8 Å². The maximum absolute atomic E-state index is 6.56. The minimum absolute atomic E-state index is 0.624. The Balaban J connectivity index is 1.10. The number of hydrogen-bond acceptors (Lipinski definition) is 4. The number of hydrogen-bond donors (Lipinski definition) is 0. The van der Waals surface area contributed by atoms with Crippen LogP contribution in [-0.2, 0) is 0 Å². The summed E-state index contributed by atoms with van der Waals surface area (Å²) in [6, 6.07) is 74.6. The van der Waals surface area contributed by atoms with Crippen molar-refractivity contribution in [2.24, 2.45) is 0 Å². The molecule has 1 heterocycles. The minimum Gasteiger partial charge on any atom is -0.435 e. The predicted octanol–water partition coefficient (Wildman–Crippen LogP) is 14.4. The molecule has 0 aliphatic rings. The van der Waals surface area contributed by atoms with Crippen LogP contribution < -0.4 is 9.80 Å². The first-order valence-corrected chi connectivity index (χ1v) is 18.5. The average molecular weight is 706 g/mol. The summed E-state index contributed by atoms with van der Waals surface area (Å²) in [4.78, 5) is 9.54. The van der Waals surface area contributed by atoms with Crippen molar-refractivity contribution in [1.82, 2.24) is 4.98 Å². The van der Waals surface area contributed by atoms with Gasteiger partial charge in [0.1, 0.15) is 5.52 Å². The highest BCUT2D eigenvalue weighted by molar-refractivity contribution is 6.18. The highest BCUT2D eigenvalue weighted by atomic mass is 16.3. The smallest absolute Gasteiger partial charge is 0.227 e. The third kappa shape index (κ3) is 6.06. The van der Waals surface area contributed by atoms with Gasteiger partial charge in [0.15, 0.2) is 5.58 Å². The van der Waals surface area contributed by atoms with Crippen molar-refractivity contribution in [1.29, 1.82) is 0 Å². The lowest BCUT2D eigenvalue weighted by molar-refractivity contribution is 0.623. The normalized spacial score (nSPS) is 11.3. The van der Waals surface area contributed by atoms with E-state index in [1.807, 2.05) is 30.3 Å². The second-order valence-corrected chi connectivity index (χ2v) is 13.6. The van der Waals surface area contributed by atoms with Gasteiger partial charge in [0.2, 0.25) is 5.89 Å². The van der Waals surface area contributed by atoms with Crippen LogP contribution >= 0.6 is 0 Å². The number of fused-ring (bicyclic) bond motifs is 5. The molecule has 0 N–H and O–H groups in total. The predicted molar refractivity (Wildman–Crippen MR) is 229 cm³/mol. The number of anilines is 6. The number of benzene rings is 9. The fourth-order valence-corrected chi connectivity index (χ4v) is 7.63. The molecule has 0 aliphatic carbocycles. The van der Waals surface area contributed by atoms with Crippen molar-refractivity contribution in [3.05, 3.63) is 212 Å². The molecule has 4 heteroatoms. The molecule has 0 saturated heterocycles. The zero-order valence-electron chi connectivity index (χ0n) is 30.0. The van der Waals surface area contributed by atoms with Gasteiger partial charge in [0.05, 0.1) is 0 Å². The lowest BCUT2D eigenvalue weighted by atomic mass is 9.99. The van der Waals surface area contributed by atoms with E-state index in [1.54, 1.807) is 0 Å². The highest BCUT2D eigenvalue weighted by Crippen LogP contribution is 2.42. The Morgan fingerprint density at radius 3 is 1.36 bits per heavy atom. The first-order chi connectivity index (χ1) is 27.3. The summed E-state index contributed by atoms with van der Waals surface area (Å²) in [5, 5.41) is 4.43. The molecule has 260 valence electrons. The van der Waals surface area contributed by atoms with Crippen molar-refractivity contribution < 1.29 is 4.42 Å². The van der Waals surface area contributed by atoms with Gasteiger partial charge in [-0.2, -0.15) is 0 Å². The van der Waals surface area contributed by atoms with Crippen molar-refractivity contribution in [3.63, 3.8) is 0 Å². The molecule has 10 rings (SSSR count). The highest BCUT2D eigenvalue weighted by Gasteiger charge is 2.18. The Morgan fingerprint density at radius 1 is 0.345 bits per heavy atom. The first kappa shape index (κ1) is 32.2. The quantitative estimate of drug-likeness (QED) is 0.147. The molecule has 0 unspecified atom stereocenters. The topological polar surface area (TPSA) is 32.5 Å². The van der Waals surface area contributed by atoms with Crippen LogP contribution in [0.5, 0.6) is 0 Å². The monoisotopic (exact) mass is 705 g/mol. The fourth-order valence-electron chi connectivity index (χ4n) is 7.63. The van der Waals surface area contributed by atoms with Gasteiger partial charge >= 0.3 is 0 Å². The second kappa shape index (κ2) is 13.8. The Hall–Kier alpha value is -7.43. The lowest BCUT2D eigenvalue weighted by Gasteiger charge is -2.27. The van der Waals surface area contributed by atoms with Crippen LogP contribution in [0.1, 0.15) is 0 Å². The van der Waals surface area contributed by atoms with Crippen LogP contribution in [0.25, 0.3) is 55.2 Å². The summed E-state index contributed by atoms with van der Waals surface area (Å²) in [6.07, 6.45) is 0. The van der Waals surface area contributed by atoms with E-state index in [0.717, 1.165) is 83.5 Å². The second-order valence-electron chi connectivity index (χ2n) is 13.6. The Morgan fingerprint density at radius 2 is 0.782 bits per heavy atom. The molecule has 0 atom stereocenters. The lowest BCUT2D eigenvalue weighted by Crippen LogP contribution is -2.10. The van der Waals surface area contributed by atoms with Gasteiger partial charge in [-0.1, -0.05) is 121 Å². The van der Waals surface area contributed by atoms with Gasteiger partial charge in [0, 0.05) is 45.1 Å². The van der Waals surface area contributed by atoms with Crippen LogP contribution in [0.4, 0.5) is 34.1 Å². The first-order valence-electron chi connectivity index (χ1n) is 18.5. The van der Waals surface area contributed by atoms with E-state index in [4.69, 9.17) is 9.40 Å². The van der Waals surface area contributed by atoms with Gasteiger partial charge < -0.3 is 14.2 Å². The average Bonchev–Trinajstić information content (AvgIpc) is 3.71. The van der Waals surface area contributed by atoms with Crippen molar-refractivity contribution in [2.45, 2.75) is 0 Å². The van der Waals surface area contributed by atoms with E-state index in [2.05, 4.69) is 192 Å². The summed E-state index contributed by atoms with van der Waals surface area (Å²) in [7, 11) is 0. The van der Waals surface area contributed by atoms with Crippen LogP contribution in [0.2, 0.25) is 0 Å². The van der Waals surface area contributed by atoms with Crippen LogP contribution in [0.3, 0.4) is 0 Å². The Bertz CT molecular complexity index is 2890. The number of para-hydroxylation sites is 3. The molecule has 0 saturated carbocycles. The number of rotatable bonds is 8. The maximum Gasteiger partial charge on any atom is 0.227 e. The van der Waals surface area contributed by atoms with Crippen LogP contribution in [0, 0.1) is 0 Å². The summed E-state index contributed by atoms with van der Waals surface area (Å²) in [5.74, 6) is 0.624. The number of aromatic nitrogens is 1. The molecule has 0 radical (unpaired) electrons. The van der Waals surface area contributed by atoms with Crippen LogP contribution in [0.15, 0.2) is 217 Å². The van der Waals surface area contributed by atoms with Gasteiger partial charge in [-0.05, 0) is 118 Å². The Kier molecular flexibility index (Phi) is 8.12. The van der Waals surface area contributed by atoms with Crippen molar-refractivity contribution in [3.8, 4) is 22.6 Å². The SMILES string of the molecule is c1ccc(-c2nc3ccc4ccc5ccc(N(c6ccccc6)c6cccc(-c7cccc(N(c8ccccc8)c8ccccc8)c7)c6)cc5c4c3o2)cc1. The van der Waals surface area contributed by atoms with E-state index in [0.29, 0.717) is 5.89 Å². The molecule has 9 aromatic carbocycles. The molecule has 0 fully saturated rings. The molecule has 1 aromatic heterocycles. The standard InChI is InChI=1S/C51H35N3O/c1-5-15-38(16-6-1)51-52-48-32-30-37-28-27-36-29-31-46(35-47(36)49(37)50(48)55-51)54(43-23-11-4-12-24-43)45-26-14-18-40(34-45)39-17-13-25-44(33-39)53(41-19-7-2-8-20-41)42-21-9-3-10-22-42/h1-35H.